The van der Waals surface area contributed by atoms with Gasteiger partial charge in [-0.2, -0.15) is 0 Å². The fourth-order valence-electron chi connectivity index (χ4n) is 3.84. The first-order chi connectivity index (χ1) is 13.9. The molecule has 1 aliphatic rings. The zero-order valence-corrected chi connectivity index (χ0v) is 16.7. The number of amides is 1. The standard InChI is InChI=1S/C20H22N4O4S/c1-14-22-17-4-2-3-5-18(17)23(14)12-15-6-8-16(9-7-15)29(27,28)20-11-21-10-19(20)24(26)13-25/h2-9,13,19-21,26H,10-12H2,1H3. The van der Waals surface area contributed by atoms with Crippen molar-refractivity contribution in [3.8, 4) is 0 Å². The quantitative estimate of drug-likeness (QED) is 0.359. The SMILES string of the molecule is Cc1nc2ccccc2n1Cc1ccc(S(=O)(=O)C2CNCC2N(O)C=O)cc1. The largest absolute Gasteiger partial charge is 0.324 e. The zero-order chi connectivity index (χ0) is 20.6. The molecule has 1 aromatic heterocycles. The van der Waals surface area contributed by atoms with E-state index >= 15 is 0 Å². The number of para-hydroxylation sites is 2. The lowest BCUT2D eigenvalue weighted by Gasteiger charge is -2.23. The van der Waals surface area contributed by atoms with Gasteiger partial charge >= 0.3 is 0 Å². The highest BCUT2D eigenvalue weighted by atomic mass is 32.2. The molecule has 2 heterocycles. The number of aryl methyl sites for hydroxylation is 1. The van der Waals surface area contributed by atoms with Gasteiger partial charge in [0.05, 0.1) is 22.0 Å². The smallest absolute Gasteiger partial charge is 0.233 e. The number of nitrogens with zero attached hydrogens (tertiary/aromatic N) is 3. The molecule has 2 N–H and O–H groups in total. The molecule has 0 spiro atoms. The summed E-state index contributed by atoms with van der Waals surface area (Å²) in [4.78, 5) is 15.6. The Hall–Kier alpha value is -2.75. The second kappa shape index (κ2) is 7.58. The first-order valence-electron chi connectivity index (χ1n) is 9.30. The molecular weight excluding hydrogens is 392 g/mol. The fourth-order valence-corrected chi connectivity index (χ4v) is 5.67. The Labute approximate surface area is 168 Å². The van der Waals surface area contributed by atoms with Crippen molar-refractivity contribution in [2.24, 2.45) is 0 Å². The Bertz CT molecular complexity index is 1140. The van der Waals surface area contributed by atoms with Crippen molar-refractivity contribution in [3.05, 3.63) is 59.9 Å². The van der Waals surface area contributed by atoms with Crippen molar-refractivity contribution in [3.63, 3.8) is 0 Å². The van der Waals surface area contributed by atoms with Gasteiger partial charge in [-0.25, -0.2) is 18.5 Å². The average molecular weight is 414 g/mol. The third-order valence-corrected chi connectivity index (χ3v) is 7.62. The summed E-state index contributed by atoms with van der Waals surface area (Å²) < 4.78 is 28.1. The lowest BCUT2D eigenvalue weighted by Crippen LogP contribution is -2.44. The van der Waals surface area contributed by atoms with Gasteiger partial charge in [0.15, 0.2) is 9.84 Å². The fraction of sp³-hybridized carbons (Fsp3) is 0.300. The topological polar surface area (TPSA) is 105 Å². The van der Waals surface area contributed by atoms with Gasteiger partial charge in [-0.15, -0.1) is 0 Å². The van der Waals surface area contributed by atoms with Gasteiger partial charge in [0, 0.05) is 19.6 Å². The molecule has 0 aliphatic carbocycles. The van der Waals surface area contributed by atoms with Crippen molar-refractivity contribution >= 4 is 27.3 Å². The van der Waals surface area contributed by atoms with Gasteiger partial charge in [0.1, 0.15) is 11.1 Å². The van der Waals surface area contributed by atoms with Crippen LogP contribution in [0.4, 0.5) is 0 Å². The second-order valence-corrected chi connectivity index (χ2v) is 9.34. The first kappa shape index (κ1) is 19.6. The Kier molecular flexibility index (Phi) is 5.12. The summed E-state index contributed by atoms with van der Waals surface area (Å²) in [5, 5.41) is 12.2. The van der Waals surface area contributed by atoms with E-state index < -0.39 is 21.1 Å². The third-order valence-electron chi connectivity index (χ3n) is 5.41. The number of carbonyl (C=O) groups is 1. The van der Waals surface area contributed by atoms with E-state index in [0.29, 0.717) is 11.6 Å². The predicted octanol–water partition coefficient (Wildman–Crippen LogP) is 1.35. The normalized spacial score (nSPS) is 19.5. The molecule has 1 saturated heterocycles. The maximum Gasteiger partial charge on any atom is 0.233 e. The van der Waals surface area contributed by atoms with Gasteiger partial charge in [-0.1, -0.05) is 24.3 Å². The van der Waals surface area contributed by atoms with Crippen molar-refractivity contribution in [2.45, 2.75) is 29.7 Å². The van der Waals surface area contributed by atoms with Gasteiger partial charge in [0.2, 0.25) is 6.41 Å². The number of fused-ring (bicyclic) bond motifs is 1. The number of rotatable bonds is 6. The number of hydroxylamine groups is 2. The van der Waals surface area contributed by atoms with Crippen LogP contribution in [0, 0.1) is 6.92 Å². The number of benzene rings is 2. The summed E-state index contributed by atoms with van der Waals surface area (Å²) >= 11 is 0. The molecule has 2 atom stereocenters. The number of sulfone groups is 1. The summed E-state index contributed by atoms with van der Waals surface area (Å²) in [6.07, 6.45) is 0.237. The average Bonchev–Trinajstić information content (AvgIpc) is 3.34. The minimum Gasteiger partial charge on any atom is -0.324 e. The van der Waals surface area contributed by atoms with E-state index in [4.69, 9.17) is 0 Å². The van der Waals surface area contributed by atoms with Crippen LogP contribution in [0.3, 0.4) is 0 Å². The van der Waals surface area contributed by atoms with Crippen LogP contribution in [0.15, 0.2) is 53.4 Å². The van der Waals surface area contributed by atoms with Gasteiger partial charge in [-0.3, -0.25) is 10.0 Å². The van der Waals surface area contributed by atoms with E-state index in [0.717, 1.165) is 22.4 Å². The van der Waals surface area contributed by atoms with Crippen LogP contribution in [-0.2, 0) is 21.2 Å². The maximum absolute atomic E-state index is 13.0. The number of hydrogen-bond donors (Lipinski definition) is 2. The molecule has 4 rings (SSSR count). The summed E-state index contributed by atoms with van der Waals surface area (Å²) in [6.45, 7) is 2.93. The van der Waals surface area contributed by atoms with E-state index in [1.165, 1.54) is 0 Å². The molecule has 3 aromatic rings. The maximum atomic E-state index is 13.0. The van der Waals surface area contributed by atoms with Crippen LogP contribution in [0.1, 0.15) is 11.4 Å². The number of aromatic nitrogens is 2. The third kappa shape index (κ3) is 3.52. The number of imidazole rings is 1. The van der Waals surface area contributed by atoms with Gasteiger partial charge in [0.25, 0.3) is 0 Å². The minimum absolute atomic E-state index is 0.173. The van der Waals surface area contributed by atoms with Crippen LogP contribution >= 0.6 is 0 Å². The highest BCUT2D eigenvalue weighted by molar-refractivity contribution is 7.92. The first-order valence-corrected chi connectivity index (χ1v) is 10.8. The molecule has 0 bridgehead atoms. The molecule has 0 saturated carbocycles. The monoisotopic (exact) mass is 414 g/mol. The highest BCUT2D eigenvalue weighted by Crippen LogP contribution is 2.24. The zero-order valence-electron chi connectivity index (χ0n) is 15.9. The van der Waals surface area contributed by atoms with Crippen LogP contribution < -0.4 is 5.32 Å². The summed E-state index contributed by atoms with van der Waals surface area (Å²) in [5.74, 6) is 0.889. The van der Waals surface area contributed by atoms with Crippen LogP contribution in [0.2, 0.25) is 0 Å². The van der Waals surface area contributed by atoms with Crippen molar-refractivity contribution in [2.75, 3.05) is 13.1 Å². The van der Waals surface area contributed by atoms with E-state index in [2.05, 4.69) is 14.9 Å². The number of nitrogens with one attached hydrogen (secondary N) is 1. The summed E-state index contributed by atoms with van der Waals surface area (Å²) in [6, 6.07) is 13.8. The van der Waals surface area contributed by atoms with Gasteiger partial charge in [-0.05, 0) is 36.8 Å². The van der Waals surface area contributed by atoms with E-state index in [9.17, 15) is 18.4 Å². The Morgan fingerprint density at radius 3 is 2.66 bits per heavy atom. The molecule has 1 fully saturated rings. The Balaban J connectivity index is 1.59. The summed E-state index contributed by atoms with van der Waals surface area (Å²) in [7, 11) is -3.71. The number of hydrogen-bond acceptors (Lipinski definition) is 6. The highest BCUT2D eigenvalue weighted by Gasteiger charge is 2.41. The lowest BCUT2D eigenvalue weighted by molar-refractivity contribution is -0.157. The van der Waals surface area contributed by atoms with Crippen molar-refractivity contribution in [1.82, 2.24) is 19.9 Å². The van der Waals surface area contributed by atoms with Crippen LogP contribution in [0.25, 0.3) is 11.0 Å². The van der Waals surface area contributed by atoms with E-state index in [1.54, 1.807) is 24.3 Å². The molecule has 0 radical (unpaired) electrons. The molecule has 8 nitrogen and oxygen atoms in total. The van der Waals surface area contributed by atoms with Crippen LogP contribution in [0.5, 0.6) is 0 Å². The molecule has 2 aromatic carbocycles. The predicted molar refractivity (Wildman–Crippen MR) is 107 cm³/mol. The van der Waals surface area contributed by atoms with Crippen molar-refractivity contribution < 1.29 is 18.4 Å². The molecule has 1 amide bonds. The summed E-state index contributed by atoms with van der Waals surface area (Å²) in [5.41, 5.74) is 2.90. The molecule has 152 valence electrons. The van der Waals surface area contributed by atoms with Crippen LogP contribution in [-0.4, -0.2) is 59.0 Å². The molecule has 29 heavy (non-hydrogen) atoms. The molecular formula is C20H22N4O4S. The van der Waals surface area contributed by atoms with Gasteiger partial charge < -0.3 is 9.88 Å². The van der Waals surface area contributed by atoms with E-state index in [-0.39, 0.29) is 24.4 Å². The Morgan fingerprint density at radius 2 is 1.93 bits per heavy atom. The lowest BCUT2D eigenvalue weighted by atomic mass is 10.2. The van der Waals surface area contributed by atoms with Crippen molar-refractivity contribution in [1.29, 1.82) is 0 Å². The molecule has 2 unspecified atom stereocenters. The van der Waals surface area contributed by atoms with E-state index in [1.807, 2.05) is 31.2 Å². The minimum atomic E-state index is -3.71. The second-order valence-electron chi connectivity index (χ2n) is 7.17. The molecule has 1 aliphatic heterocycles. The Morgan fingerprint density at radius 1 is 1.21 bits per heavy atom. The number of carbonyl (C=O) groups excluding carboxylic acids is 1. The molecule has 9 heteroatoms.